The molecule has 7 atom stereocenters. The highest BCUT2D eigenvalue weighted by Crippen LogP contribution is 2.23. The molecule has 0 saturated carbocycles. The summed E-state index contributed by atoms with van der Waals surface area (Å²) in [5.74, 6) is -0.187. The van der Waals surface area contributed by atoms with Crippen molar-refractivity contribution in [2.45, 2.75) is 346 Å². The van der Waals surface area contributed by atoms with Crippen LogP contribution >= 0.6 is 0 Å². The Hall–Kier alpha value is -1.85. The zero-order valence-corrected chi connectivity index (χ0v) is 48.4. The van der Waals surface area contributed by atoms with Crippen LogP contribution in [0.15, 0.2) is 48.6 Å². The molecule has 1 rings (SSSR count). The summed E-state index contributed by atoms with van der Waals surface area (Å²) in [4.78, 5) is 13.1. The van der Waals surface area contributed by atoms with E-state index in [-0.39, 0.29) is 12.5 Å². The van der Waals surface area contributed by atoms with Crippen LogP contribution < -0.4 is 5.32 Å². The Bertz CT molecular complexity index is 1300. The lowest BCUT2D eigenvalue weighted by Crippen LogP contribution is -2.60. The van der Waals surface area contributed by atoms with E-state index < -0.39 is 49.5 Å². The van der Waals surface area contributed by atoms with E-state index >= 15 is 0 Å². The van der Waals surface area contributed by atoms with Crippen LogP contribution in [0.25, 0.3) is 0 Å². The molecule has 0 bridgehead atoms. The van der Waals surface area contributed by atoms with Gasteiger partial charge in [0.15, 0.2) is 6.29 Å². The van der Waals surface area contributed by atoms with Gasteiger partial charge in [0.2, 0.25) is 5.91 Å². The molecule has 1 fully saturated rings. The van der Waals surface area contributed by atoms with Gasteiger partial charge >= 0.3 is 0 Å². The molecule has 0 aromatic heterocycles. The van der Waals surface area contributed by atoms with Gasteiger partial charge in [-0.25, -0.2) is 0 Å². The number of allylic oxidation sites excluding steroid dienone is 7. The van der Waals surface area contributed by atoms with Crippen molar-refractivity contribution in [1.82, 2.24) is 5.32 Å². The number of aliphatic hydroxyl groups excluding tert-OH is 5. The standard InChI is InChI=1S/C65H121NO8/c1-3-5-7-9-11-13-15-17-19-21-23-24-25-26-27-28-29-30-31-32-33-34-35-36-37-39-41-43-45-47-49-51-53-55-61(69)66-58(57-73-65-64(72)63(71)62(70)60(56-67)74-65)59(68)54-52-50-48-46-44-42-40-38-22-20-18-16-14-12-10-8-6-4-2/h22,26-27,38,44,46,52,54,58-60,62-65,67-68,70-72H,3-21,23-25,28-37,39-43,45,47-51,53,55-57H2,1-2H3,(H,66,69)/b27-26-,38-22+,46-44+,54-52+. The summed E-state index contributed by atoms with van der Waals surface area (Å²) >= 11 is 0. The van der Waals surface area contributed by atoms with Crippen LogP contribution in [0.5, 0.6) is 0 Å². The third-order valence-corrected chi connectivity index (χ3v) is 15.1. The molecule has 1 heterocycles. The number of rotatable bonds is 55. The van der Waals surface area contributed by atoms with Gasteiger partial charge in [-0.1, -0.05) is 274 Å². The topological polar surface area (TPSA) is 149 Å². The molecule has 1 amide bonds. The number of aliphatic hydroxyl groups is 5. The summed E-state index contributed by atoms with van der Waals surface area (Å²) in [5, 5.41) is 54.5. The third-order valence-electron chi connectivity index (χ3n) is 15.1. The number of hydrogen-bond donors (Lipinski definition) is 6. The molecule has 1 aliphatic heterocycles. The van der Waals surface area contributed by atoms with Crippen LogP contribution in [-0.4, -0.2) is 87.5 Å². The van der Waals surface area contributed by atoms with E-state index in [1.54, 1.807) is 6.08 Å². The second-order valence-electron chi connectivity index (χ2n) is 22.2. The zero-order chi connectivity index (χ0) is 53.6. The number of ether oxygens (including phenoxy) is 2. The minimum absolute atomic E-state index is 0.187. The zero-order valence-electron chi connectivity index (χ0n) is 48.4. The lowest BCUT2D eigenvalue weighted by atomic mass is 9.99. The predicted octanol–water partition coefficient (Wildman–Crippen LogP) is 16.5. The molecule has 1 aliphatic rings. The van der Waals surface area contributed by atoms with Gasteiger partial charge in [0.1, 0.15) is 24.4 Å². The van der Waals surface area contributed by atoms with E-state index in [9.17, 15) is 30.3 Å². The number of unbranched alkanes of at least 4 members (excludes halogenated alkanes) is 39. The molecule has 1 saturated heterocycles. The van der Waals surface area contributed by atoms with Crippen LogP contribution in [0.4, 0.5) is 0 Å². The van der Waals surface area contributed by atoms with Crippen LogP contribution in [-0.2, 0) is 14.3 Å². The van der Waals surface area contributed by atoms with Gasteiger partial charge in [0, 0.05) is 6.42 Å². The van der Waals surface area contributed by atoms with Gasteiger partial charge in [-0.3, -0.25) is 4.79 Å². The highest BCUT2D eigenvalue weighted by molar-refractivity contribution is 5.76. The number of carbonyl (C=O) groups excluding carboxylic acids is 1. The van der Waals surface area contributed by atoms with Gasteiger partial charge in [-0.15, -0.1) is 0 Å². The van der Waals surface area contributed by atoms with Crippen LogP contribution in [0.3, 0.4) is 0 Å². The predicted molar refractivity (Wildman–Crippen MR) is 313 cm³/mol. The number of amides is 1. The quantitative estimate of drug-likeness (QED) is 0.0261. The van der Waals surface area contributed by atoms with Crippen molar-refractivity contribution in [3.63, 3.8) is 0 Å². The summed E-state index contributed by atoms with van der Waals surface area (Å²) < 4.78 is 11.3. The normalized spacial score (nSPS) is 19.3. The Kier molecular flexibility index (Phi) is 51.7. The molecular formula is C65H121NO8. The Balaban J connectivity index is 2.14. The highest BCUT2D eigenvalue weighted by Gasteiger charge is 2.44. The van der Waals surface area contributed by atoms with Crippen molar-refractivity contribution in [1.29, 1.82) is 0 Å². The molecule has 434 valence electrons. The van der Waals surface area contributed by atoms with E-state index in [0.29, 0.717) is 6.42 Å². The van der Waals surface area contributed by atoms with Crippen LogP contribution in [0.1, 0.15) is 303 Å². The molecule has 6 N–H and O–H groups in total. The van der Waals surface area contributed by atoms with E-state index in [1.165, 1.54) is 238 Å². The SMILES string of the molecule is CCCCCCCCCC/C=C/CC/C=C/CC/C=C/C(O)C(COC1OC(CO)C(O)C(O)C1O)NC(=O)CCCCCCCCCCCCCCCCCCC/C=C\CCCCCCCCCCCCCC. The maximum absolute atomic E-state index is 13.1. The fraction of sp³-hybridized carbons (Fsp3) is 0.862. The second kappa shape index (κ2) is 54.5. The molecule has 74 heavy (non-hydrogen) atoms. The third kappa shape index (κ3) is 43.2. The van der Waals surface area contributed by atoms with E-state index in [2.05, 4.69) is 55.6 Å². The molecular weight excluding hydrogens is 923 g/mol. The van der Waals surface area contributed by atoms with Crippen LogP contribution in [0.2, 0.25) is 0 Å². The Labute approximate surface area is 456 Å². The number of carbonyl (C=O) groups is 1. The highest BCUT2D eigenvalue weighted by atomic mass is 16.7. The largest absolute Gasteiger partial charge is 0.394 e. The molecule has 0 aromatic carbocycles. The monoisotopic (exact) mass is 1040 g/mol. The van der Waals surface area contributed by atoms with Crippen molar-refractivity contribution in [3.05, 3.63) is 48.6 Å². The fourth-order valence-electron chi connectivity index (χ4n) is 10.1. The minimum atomic E-state index is -1.58. The Morgan fingerprint density at radius 2 is 0.770 bits per heavy atom. The first-order chi connectivity index (χ1) is 36.3. The van der Waals surface area contributed by atoms with Crippen molar-refractivity contribution >= 4 is 5.91 Å². The average molecular weight is 1040 g/mol. The summed E-state index contributed by atoms with van der Waals surface area (Å²) in [5.41, 5.74) is 0. The van der Waals surface area contributed by atoms with E-state index in [0.717, 1.165) is 44.9 Å². The maximum atomic E-state index is 13.1. The molecule has 9 nitrogen and oxygen atoms in total. The summed E-state index contributed by atoms with van der Waals surface area (Å²) in [6.07, 6.45) is 66.4. The fourth-order valence-corrected chi connectivity index (χ4v) is 10.1. The maximum Gasteiger partial charge on any atom is 0.220 e. The van der Waals surface area contributed by atoms with Crippen molar-refractivity contribution in [2.75, 3.05) is 13.2 Å². The first-order valence-corrected chi connectivity index (χ1v) is 31.9. The van der Waals surface area contributed by atoms with Gasteiger partial charge in [0.25, 0.3) is 0 Å². The Morgan fingerprint density at radius 3 is 1.14 bits per heavy atom. The molecule has 0 aliphatic carbocycles. The van der Waals surface area contributed by atoms with Crippen LogP contribution in [0, 0.1) is 0 Å². The first kappa shape index (κ1) is 70.2. The van der Waals surface area contributed by atoms with Gasteiger partial charge in [0.05, 0.1) is 25.4 Å². The van der Waals surface area contributed by atoms with Gasteiger partial charge < -0.3 is 40.3 Å². The minimum Gasteiger partial charge on any atom is -0.394 e. The lowest BCUT2D eigenvalue weighted by molar-refractivity contribution is -0.302. The van der Waals surface area contributed by atoms with Gasteiger partial charge in [-0.05, 0) is 70.6 Å². The van der Waals surface area contributed by atoms with Gasteiger partial charge in [-0.2, -0.15) is 0 Å². The van der Waals surface area contributed by atoms with Crippen molar-refractivity contribution in [2.24, 2.45) is 0 Å². The summed E-state index contributed by atoms with van der Waals surface area (Å²) in [6, 6.07) is -0.828. The number of nitrogens with one attached hydrogen (secondary N) is 1. The molecule has 0 spiro atoms. The smallest absolute Gasteiger partial charge is 0.220 e. The van der Waals surface area contributed by atoms with Crippen molar-refractivity contribution in [3.8, 4) is 0 Å². The van der Waals surface area contributed by atoms with E-state index in [1.807, 2.05) is 6.08 Å². The average Bonchev–Trinajstić information content (AvgIpc) is 3.40. The molecule has 0 radical (unpaired) electrons. The van der Waals surface area contributed by atoms with E-state index in [4.69, 9.17) is 9.47 Å². The second-order valence-corrected chi connectivity index (χ2v) is 22.2. The lowest BCUT2D eigenvalue weighted by Gasteiger charge is -2.40. The van der Waals surface area contributed by atoms with Crippen molar-refractivity contribution < 1.29 is 39.8 Å². The summed E-state index contributed by atoms with van der Waals surface area (Å²) in [7, 11) is 0. The number of hydrogen-bond acceptors (Lipinski definition) is 8. The molecule has 9 heteroatoms. The molecule has 0 aromatic rings. The molecule has 7 unspecified atom stereocenters. The summed E-state index contributed by atoms with van der Waals surface area (Å²) in [6.45, 7) is 3.78. The first-order valence-electron chi connectivity index (χ1n) is 31.9. The Morgan fingerprint density at radius 1 is 0.446 bits per heavy atom.